The third-order valence-corrected chi connectivity index (χ3v) is 11.0. The fourth-order valence-corrected chi connectivity index (χ4v) is 7.79. The summed E-state index contributed by atoms with van der Waals surface area (Å²) in [4.78, 5) is 24.4. The van der Waals surface area contributed by atoms with E-state index in [0.717, 1.165) is 76.5 Å². The van der Waals surface area contributed by atoms with Crippen molar-refractivity contribution in [3.8, 4) is 22.6 Å². The molecule has 1 fully saturated rings. The number of para-hydroxylation sites is 2. The summed E-state index contributed by atoms with van der Waals surface area (Å²) in [7, 11) is 3.34. The molecular formula is C46H46N4O6. The number of aliphatic hydroxyl groups is 1. The minimum Gasteiger partial charge on any atom is -0.493 e. The molecule has 4 atom stereocenters. The van der Waals surface area contributed by atoms with Crippen molar-refractivity contribution in [3.63, 3.8) is 0 Å². The Kier molecular flexibility index (Phi) is 11.1. The number of rotatable bonds is 11. The van der Waals surface area contributed by atoms with Crippen molar-refractivity contribution in [1.82, 2.24) is 20.2 Å². The second kappa shape index (κ2) is 16.6. The number of hydrogen-bond donors (Lipinski definition) is 2. The molecule has 1 amide bonds. The first-order valence-electron chi connectivity index (χ1n) is 19.1. The highest BCUT2D eigenvalue weighted by Crippen LogP contribution is 2.43. The highest BCUT2D eigenvalue weighted by Gasteiger charge is 2.39. The van der Waals surface area contributed by atoms with Crippen LogP contribution in [0, 0.1) is 5.92 Å². The molecule has 1 saturated heterocycles. The molecule has 0 bridgehead atoms. The van der Waals surface area contributed by atoms with Crippen molar-refractivity contribution >= 4 is 16.9 Å². The standard InChI is InChI=1S/C46H46N4O6/c1-29-43(27-50-21-20-34-22-41(53-2)42(54-3)23-36(34)26-50)55-46(56-44(29)32-14-12-30(28-51)13-15-32)33-18-16-31(17-19-33)37-9-5-4-8-35(37)24-48-45(52)40-25-47-38-10-6-7-11-39(38)49-40/h4-19,22-23,25,29,43-44,46,51H,20-21,24,26-28H2,1-3H3,(H,48,52). The normalized spacial score (nSPS) is 19.6. The summed E-state index contributed by atoms with van der Waals surface area (Å²) in [6, 6.07) is 36.1. The summed E-state index contributed by atoms with van der Waals surface area (Å²) >= 11 is 0. The SMILES string of the molecule is COc1cc2c(cc1OC)CN(CC1OC(c3ccc(-c4ccccc4CNC(=O)c4cnc5ccccc5n4)cc3)OC(c3ccc(CO)cc3)C1C)CC2. The second-order valence-corrected chi connectivity index (χ2v) is 14.5. The third-order valence-electron chi connectivity index (χ3n) is 11.0. The van der Waals surface area contributed by atoms with Crippen LogP contribution in [0.15, 0.2) is 115 Å². The van der Waals surface area contributed by atoms with E-state index in [4.69, 9.17) is 18.9 Å². The molecule has 56 heavy (non-hydrogen) atoms. The van der Waals surface area contributed by atoms with Crippen LogP contribution in [0.1, 0.15) is 63.2 Å². The van der Waals surface area contributed by atoms with E-state index in [1.807, 2.05) is 66.7 Å². The molecule has 4 unspecified atom stereocenters. The molecule has 0 aliphatic carbocycles. The molecule has 8 rings (SSSR count). The number of hydrogen-bond acceptors (Lipinski definition) is 9. The summed E-state index contributed by atoms with van der Waals surface area (Å²) in [5.74, 6) is 1.27. The molecule has 1 aromatic heterocycles. The second-order valence-electron chi connectivity index (χ2n) is 14.5. The minimum absolute atomic E-state index is 0.0101. The molecule has 6 aromatic rings. The zero-order valence-electron chi connectivity index (χ0n) is 31.9. The van der Waals surface area contributed by atoms with Gasteiger partial charge in [0.05, 0.1) is 50.3 Å². The fraction of sp³-hybridized carbons (Fsp3) is 0.283. The largest absolute Gasteiger partial charge is 0.493 e. The highest BCUT2D eigenvalue weighted by atomic mass is 16.7. The number of carbonyl (C=O) groups is 1. The van der Waals surface area contributed by atoms with E-state index in [1.54, 1.807) is 14.2 Å². The predicted molar refractivity (Wildman–Crippen MR) is 214 cm³/mol. The molecule has 2 N–H and O–H groups in total. The lowest BCUT2D eigenvalue weighted by Gasteiger charge is -2.43. The lowest BCUT2D eigenvalue weighted by molar-refractivity contribution is -0.276. The van der Waals surface area contributed by atoms with E-state index in [1.165, 1.54) is 17.3 Å². The molecule has 10 nitrogen and oxygen atoms in total. The number of ether oxygens (including phenoxy) is 4. The van der Waals surface area contributed by atoms with Gasteiger partial charge in [-0.15, -0.1) is 0 Å². The van der Waals surface area contributed by atoms with E-state index >= 15 is 0 Å². The molecule has 10 heteroatoms. The van der Waals surface area contributed by atoms with Crippen molar-refractivity contribution in [2.75, 3.05) is 27.3 Å². The Labute approximate surface area is 327 Å². The lowest BCUT2D eigenvalue weighted by Crippen LogP contribution is -2.45. The van der Waals surface area contributed by atoms with Crippen LogP contribution in [0.5, 0.6) is 11.5 Å². The maximum Gasteiger partial charge on any atom is 0.271 e. The maximum absolute atomic E-state index is 13.1. The zero-order valence-corrected chi connectivity index (χ0v) is 31.9. The van der Waals surface area contributed by atoms with Crippen molar-refractivity contribution in [3.05, 3.63) is 154 Å². The van der Waals surface area contributed by atoms with E-state index in [2.05, 4.69) is 69.6 Å². The summed E-state index contributed by atoms with van der Waals surface area (Å²) in [6.45, 7) is 4.95. The van der Waals surface area contributed by atoms with Gasteiger partial charge in [0.25, 0.3) is 5.91 Å². The van der Waals surface area contributed by atoms with E-state index in [9.17, 15) is 9.90 Å². The first-order valence-corrected chi connectivity index (χ1v) is 19.1. The van der Waals surface area contributed by atoms with Crippen LogP contribution >= 0.6 is 0 Å². The Hall–Kier alpha value is -5.65. The first kappa shape index (κ1) is 37.3. The highest BCUT2D eigenvalue weighted by molar-refractivity contribution is 5.93. The smallest absolute Gasteiger partial charge is 0.271 e. The van der Waals surface area contributed by atoms with Gasteiger partial charge in [0, 0.05) is 37.7 Å². The molecule has 3 heterocycles. The van der Waals surface area contributed by atoms with Gasteiger partial charge < -0.3 is 29.4 Å². The topological polar surface area (TPSA) is 115 Å². The van der Waals surface area contributed by atoms with Gasteiger partial charge in [-0.2, -0.15) is 0 Å². The number of aromatic nitrogens is 2. The Morgan fingerprint density at radius 2 is 1.55 bits per heavy atom. The van der Waals surface area contributed by atoms with Gasteiger partial charge in [-0.05, 0) is 69.6 Å². The molecule has 0 saturated carbocycles. The van der Waals surface area contributed by atoms with Gasteiger partial charge >= 0.3 is 0 Å². The summed E-state index contributed by atoms with van der Waals surface area (Å²) in [5, 5.41) is 12.7. The summed E-state index contributed by atoms with van der Waals surface area (Å²) in [6.07, 6.45) is 1.50. The Morgan fingerprint density at radius 1 is 0.857 bits per heavy atom. The number of amides is 1. The predicted octanol–water partition coefficient (Wildman–Crippen LogP) is 7.59. The average molecular weight is 751 g/mol. The van der Waals surface area contributed by atoms with E-state index in [0.29, 0.717) is 12.1 Å². The number of nitrogens with one attached hydrogen (secondary N) is 1. The van der Waals surface area contributed by atoms with Crippen LogP contribution in [0.4, 0.5) is 0 Å². The fourth-order valence-electron chi connectivity index (χ4n) is 7.79. The number of benzene rings is 5. The van der Waals surface area contributed by atoms with Crippen molar-refractivity contribution in [1.29, 1.82) is 0 Å². The van der Waals surface area contributed by atoms with Gasteiger partial charge in [-0.1, -0.05) is 91.9 Å². The monoisotopic (exact) mass is 750 g/mol. The first-order chi connectivity index (χ1) is 27.4. The van der Waals surface area contributed by atoms with E-state index < -0.39 is 6.29 Å². The zero-order chi connectivity index (χ0) is 38.6. The van der Waals surface area contributed by atoms with Crippen molar-refractivity contribution in [2.45, 2.75) is 51.5 Å². The van der Waals surface area contributed by atoms with Crippen LogP contribution in [0.25, 0.3) is 22.2 Å². The Morgan fingerprint density at radius 3 is 2.30 bits per heavy atom. The number of methoxy groups -OCH3 is 2. The average Bonchev–Trinajstić information content (AvgIpc) is 3.25. The molecule has 2 aliphatic rings. The van der Waals surface area contributed by atoms with Gasteiger partial charge in [0.2, 0.25) is 0 Å². The summed E-state index contributed by atoms with van der Waals surface area (Å²) < 4.78 is 24.8. The third kappa shape index (κ3) is 7.87. The number of carbonyl (C=O) groups excluding carboxylic acids is 1. The molecule has 0 spiro atoms. The molecule has 0 radical (unpaired) electrons. The van der Waals surface area contributed by atoms with Gasteiger partial charge in [0.1, 0.15) is 5.69 Å². The van der Waals surface area contributed by atoms with Crippen LogP contribution < -0.4 is 14.8 Å². The van der Waals surface area contributed by atoms with Gasteiger partial charge in [-0.25, -0.2) is 4.98 Å². The summed E-state index contributed by atoms with van der Waals surface area (Å²) in [5.41, 5.74) is 10.1. The Balaban J connectivity index is 1.00. The maximum atomic E-state index is 13.1. The quantitative estimate of drug-likeness (QED) is 0.138. The molecule has 286 valence electrons. The molecule has 2 aliphatic heterocycles. The number of nitrogens with zero attached hydrogens (tertiary/aromatic N) is 3. The van der Waals surface area contributed by atoms with Crippen LogP contribution in [0.2, 0.25) is 0 Å². The molecule has 5 aromatic carbocycles. The van der Waals surface area contributed by atoms with Gasteiger partial charge in [0.15, 0.2) is 17.8 Å². The van der Waals surface area contributed by atoms with Crippen molar-refractivity contribution < 1.29 is 28.8 Å². The number of aliphatic hydroxyl groups excluding tert-OH is 1. The van der Waals surface area contributed by atoms with Crippen molar-refractivity contribution in [2.24, 2.45) is 5.92 Å². The van der Waals surface area contributed by atoms with Crippen LogP contribution in [-0.2, 0) is 35.6 Å². The van der Waals surface area contributed by atoms with Crippen LogP contribution in [-0.4, -0.2) is 59.3 Å². The van der Waals surface area contributed by atoms with Crippen LogP contribution in [0.3, 0.4) is 0 Å². The van der Waals surface area contributed by atoms with E-state index in [-0.39, 0.29) is 36.3 Å². The van der Waals surface area contributed by atoms with Gasteiger partial charge in [-0.3, -0.25) is 14.7 Å². The minimum atomic E-state index is -0.591. The molecular weight excluding hydrogens is 705 g/mol. The lowest BCUT2D eigenvalue weighted by atomic mass is 9.89. The number of fused-ring (bicyclic) bond motifs is 2. The Bertz CT molecular complexity index is 2320.